The van der Waals surface area contributed by atoms with E-state index in [1.165, 1.54) is 18.4 Å². The molecule has 3 rings (SSSR count). The number of amides is 1. The Balaban J connectivity index is 1.90. The van der Waals surface area contributed by atoms with Gasteiger partial charge >= 0.3 is 5.97 Å². The molecule has 0 spiro atoms. The van der Waals surface area contributed by atoms with Crippen molar-refractivity contribution in [1.82, 2.24) is 4.90 Å². The molecule has 0 N–H and O–H groups in total. The van der Waals surface area contributed by atoms with Gasteiger partial charge in [-0.25, -0.2) is 4.79 Å². The van der Waals surface area contributed by atoms with Crippen molar-refractivity contribution in [1.29, 1.82) is 0 Å². The number of thiophene rings is 1. The molecule has 2 fully saturated rings. The van der Waals surface area contributed by atoms with E-state index in [9.17, 15) is 9.59 Å². The van der Waals surface area contributed by atoms with Gasteiger partial charge in [-0.15, -0.1) is 11.3 Å². The van der Waals surface area contributed by atoms with Gasteiger partial charge < -0.3 is 9.64 Å². The van der Waals surface area contributed by atoms with Crippen LogP contribution in [0.15, 0.2) is 11.4 Å². The Hall–Kier alpha value is -1.36. The van der Waals surface area contributed by atoms with Crippen LogP contribution < -0.4 is 0 Å². The molecule has 5 heteroatoms. The number of carbonyl (C=O) groups is 2. The summed E-state index contributed by atoms with van der Waals surface area (Å²) in [6.07, 6.45) is 3.30. The molecule has 2 aliphatic rings. The van der Waals surface area contributed by atoms with Gasteiger partial charge in [-0.2, -0.15) is 0 Å². The van der Waals surface area contributed by atoms with Gasteiger partial charge in [-0.1, -0.05) is 6.42 Å². The van der Waals surface area contributed by atoms with Gasteiger partial charge in [0.25, 0.3) is 5.91 Å². The summed E-state index contributed by atoms with van der Waals surface area (Å²) in [4.78, 5) is 27.3. The quantitative estimate of drug-likeness (QED) is 0.787. The van der Waals surface area contributed by atoms with Crippen molar-refractivity contribution in [2.75, 3.05) is 13.7 Å². The van der Waals surface area contributed by atoms with Crippen molar-refractivity contribution in [2.45, 2.75) is 32.2 Å². The maximum Gasteiger partial charge on any atom is 0.328 e. The van der Waals surface area contributed by atoms with Gasteiger partial charge in [-0.05, 0) is 48.6 Å². The Morgan fingerprint density at radius 2 is 2.20 bits per heavy atom. The van der Waals surface area contributed by atoms with Crippen LogP contribution in [-0.2, 0) is 9.53 Å². The molecule has 1 aliphatic carbocycles. The highest BCUT2D eigenvalue weighted by Crippen LogP contribution is 2.43. The number of methoxy groups -OCH3 is 1. The molecule has 0 aromatic carbocycles. The van der Waals surface area contributed by atoms with E-state index in [1.807, 2.05) is 18.4 Å². The van der Waals surface area contributed by atoms with Crippen LogP contribution in [0.3, 0.4) is 0 Å². The largest absolute Gasteiger partial charge is 0.467 e. The third kappa shape index (κ3) is 2.04. The molecular formula is C15H19NO3S. The topological polar surface area (TPSA) is 46.6 Å². The summed E-state index contributed by atoms with van der Waals surface area (Å²) in [5, 5.41) is 1.92. The highest BCUT2D eigenvalue weighted by atomic mass is 32.1. The molecule has 1 amide bonds. The first-order chi connectivity index (χ1) is 9.63. The van der Waals surface area contributed by atoms with Crippen LogP contribution >= 0.6 is 11.3 Å². The van der Waals surface area contributed by atoms with Crippen molar-refractivity contribution in [3.8, 4) is 0 Å². The fraction of sp³-hybridized carbons (Fsp3) is 0.600. The lowest BCUT2D eigenvalue weighted by atomic mass is 9.94. The summed E-state index contributed by atoms with van der Waals surface area (Å²) < 4.78 is 4.94. The fourth-order valence-corrected chi connectivity index (χ4v) is 4.54. The molecule has 3 atom stereocenters. The molecule has 2 heterocycles. The summed E-state index contributed by atoms with van der Waals surface area (Å²) in [6.45, 7) is 2.63. The molecule has 1 aromatic heterocycles. The van der Waals surface area contributed by atoms with E-state index < -0.39 is 0 Å². The molecule has 1 aliphatic heterocycles. The standard InChI is InChI=1S/C15H19NO3S/c1-9-6-7-20-13(9)14(17)16-8-10-4-3-5-11(10)12(16)15(18)19-2/h6-7,10-12H,3-5,8H2,1-2H3/t10-,11+,12+/m1/s1. The van der Waals surface area contributed by atoms with E-state index in [-0.39, 0.29) is 23.8 Å². The molecule has 108 valence electrons. The van der Waals surface area contributed by atoms with E-state index in [0.717, 1.165) is 29.7 Å². The average molecular weight is 293 g/mol. The number of nitrogens with zero attached hydrogens (tertiary/aromatic N) is 1. The minimum absolute atomic E-state index is 0.0118. The van der Waals surface area contributed by atoms with E-state index >= 15 is 0 Å². The molecule has 0 bridgehead atoms. The Bertz CT molecular complexity index is 539. The number of ether oxygens (including phenoxy) is 1. The Morgan fingerprint density at radius 3 is 2.85 bits per heavy atom. The molecule has 4 nitrogen and oxygen atoms in total. The lowest BCUT2D eigenvalue weighted by molar-refractivity contribution is -0.146. The Kier molecular flexibility index (Phi) is 3.54. The zero-order chi connectivity index (χ0) is 14.3. The number of fused-ring (bicyclic) bond motifs is 1. The highest BCUT2D eigenvalue weighted by Gasteiger charge is 2.50. The van der Waals surface area contributed by atoms with Crippen LogP contribution in [0.5, 0.6) is 0 Å². The van der Waals surface area contributed by atoms with E-state index in [1.54, 1.807) is 4.90 Å². The van der Waals surface area contributed by atoms with Crippen molar-refractivity contribution in [3.63, 3.8) is 0 Å². The second-order valence-electron chi connectivity index (χ2n) is 5.71. The maximum atomic E-state index is 12.7. The summed E-state index contributed by atoms with van der Waals surface area (Å²) in [5.74, 6) is 0.472. The zero-order valence-electron chi connectivity index (χ0n) is 11.8. The SMILES string of the molecule is COC(=O)[C@@H]1[C@H]2CCC[C@@H]2CN1C(=O)c1sccc1C. The number of hydrogen-bond acceptors (Lipinski definition) is 4. The van der Waals surface area contributed by atoms with Gasteiger partial charge in [0.05, 0.1) is 12.0 Å². The maximum absolute atomic E-state index is 12.7. The van der Waals surface area contributed by atoms with Crippen molar-refractivity contribution < 1.29 is 14.3 Å². The minimum Gasteiger partial charge on any atom is -0.467 e. The predicted molar refractivity (Wildman–Crippen MR) is 76.7 cm³/mol. The number of hydrogen-bond donors (Lipinski definition) is 0. The number of likely N-dealkylation sites (tertiary alicyclic amines) is 1. The average Bonchev–Trinajstić information content (AvgIpc) is 3.11. The number of esters is 1. The van der Waals surface area contributed by atoms with Crippen LogP contribution in [-0.4, -0.2) is 36.5 Å². The minimum atomic E-state index is -0.388. The van der Waals surface area contributed by atoms with Gasteiger partial charge in [0.1, 0.15) is 6.04 Å². The van der Waals surface area contributed by atoms with Crippen LogP contribution in [0.25, 0.3) is 0 Å². The van der Waals surface area contributed by atoms with E-state index in [4.69, 9.17) is 4.74 Å². The van der Waals surface area contributed by atoms with Crippen LogP contribution in [0.2, 0.25) is 0 Å². The molecule has 0 radical (unpaired) electrons. The monoisotopic (exact) mass is 293 g/mol. The zero-order valence-corrected chi connectivity index (χ0v) is 12.6. The summed E-state index contributed by atoms with van der Waals surface area (Å²) in [7, 11) is 1.41. The summed E-state index contributed by atoms with van der Waals surface area (Å²) in [6, 6.07) is 1.56. The summed E-state index contributed by atoms with van der Waals surface area (Å²) >= 11 is 1.45. The van der Waals surface area contributed by atoms with Crippen LogP contribution in [0.4, 0.5) is 0 Å². The molecule has 1 saturated heterocycles. The molecule has 1 saturated carbocycles. The van der Waals surface area contributed by atoms with Gasteiger partial charge in [0.2, 0.25) is 0 Å². The first-order valence-electron chi connectivity index (χ1n) is 7.06. The molecule has 0 unspecified atom stereocenters. The first kappa shape index (κ1) is 13.6. The van der Waals surface area contributed by atoms with Crippen LogP contribution in [0, 0.1) is 18.8 Å². The molecular weight excluding hydrogens is 274 g/mol. The van der Waals surface area contributed by atoms with E-state index in [0.29, 0.717) is 12.5 Å². The number of rotatable bonds is 2. The van der Waals surface area contributed by atoms with Gasteiger partial charge in [-0.3, -0.25) is 4.79 Å². The lowest BCUT2D eigenvalue weighted by Gasteiger charge is -2.25. The normalized spacial score (nSPS) is 28.5. The van der Waals surface area contributed by atoms with E-state index in [2.05, 4.69) is 0 Å². The Labute approximate surface area is 122 Å². The van der Waals surface area contributed by atoms with Crippen molar-refractivity contribution >= 4 is 23.2 Å². The summed E-state index contributed by atoms with van der Waals surface area (Å²) in [5.41, 5.74) is 0.987. The third-order valence-electron chi connectivity index (χ3n) is 4.65. The second kappa shape index (κ2) is 5.20. The predicted octanol–water partition coefficient (Wildman–Crippen LogP) is 2.47. The molecule has 20 heavy (non-hydrogen) atoms. The molecule has 1 aromatic rings. The van der Waals surface area contributed by atoms with Crippen molar-refractivity contribution in [2.24, 2.45) is 11.8 Å². The number of carbonyl (C=O) groups excluding carboxylic acids is 2. The van der Waals surface area contributed by atoms with Crippen molar-refractivity contribution in [3.05, 3.63) is 21.9 Å². The van der Waals surface area contributed by atoms with Crippen LogP contribution in [0.1, 0.15) is 34.5 Å². The highest BCUT2D eigenvalue weighted by molar-refractivity contribution is 7.12. The van der Waals surface area contributed by atoms with Gasteiger partial charge in [0.15, 0.2) is 0 Å². The lowest BCUT2D eigenvalue weighted by Crippen LogP contribution is -2.43. The first-order valence-corrected chi connectivity index (χ1v) is 7.94. The smallest absolute Gasteiger partial charge is 0.328 e. The van der Waals surface area contributed by atoms with Gasteiger partial charge in [0, 0.05) is 6.54 Å². The Morgan fingerprint density at radius 1 is 1.40 bits per heavy atom. The number of aryl methyl sites for hydroxylation is 1. The second-order valence-corrected chi connectivity index (χ2v) is 6.63. The fourth-order valence-electron chi connectivity index (χ4n) is 3.66. The third-order valence-corrected chi connectivity index (χ3v) is 5.65.